The van der Waals surface area contributed by atoms with Gasteiger partial charge in [0.1, 0.15) is 22.8 Å². The van der Waals surface area contributed by atoms with Crippen molar-refractivity contribution in [2.45, 2.75) is 27.2 Å². The number of piperidine rings is 1. The van der Waals surface area contributed by atoms with Gasteiger partial charge >= 0.3 is 0 Å². The molecule has 3 rings (SSSR count). The van der Waals surface area contributed by atoms with Crippen molar-refractivity contribution in [3.05, 3.63) is 23.8 Å². The zero-order chi connectivity index (χ0) is 16.6. The number of aromatic nitrogens is 1. The summed E-state index contributed by atoms with van der Waals surface area (Å²) in [5.74, 6) is 4.08. The van der Waals surface area contributed by atoms with Crippen LogP contribution in [0.15, 0.2) is 18.2 Å². The third kappa shape index (κ3) is 2.94. The van der Waals surface area contributed by atoms with Gasteiger partial charge in [0.25, 0.3) is 0 Å². The number of anilines is 1. The first-order chi connectivity index (χ1) is 11.0. The van der Waals surface area contributed by atoms with Gasteiger partial charge in [-0.05, 0) is 48.9 Å². The first kappa shape index (κ1) is 15.9. The van der Waals surface area contributed by atoms with E-state index in [1.54, 1.807) is 14.2 Å². The summed E-state index contributed by atoms with van der Waals surface area (Å²) in [5, 5.41) is 1.04. The molecule has 0 saturated carbocycles. The lowest BCUT2D eigenvalue weighted by Gasteiger charge is -2.36. The topological polar surface area (TPSA) is 34.6 Å². The van der Waals surface area contributed by atoms with Gasteiger partial charge in [0.15, 0.2) is 0 Å². The lowest BCUT2D eigenvalue weighted by Crippen LogP contribution is -2.39. The monoisotopic (exact) mass is 314 g/mol. The van der Waals surface area contributed by atoms with E-state index < -0.39 is 0 Å². The van der Waals surface area contributed by atoms with E-state index >= 15 is 0 Å². The molecule has 1 aliphatic rings. The van der Waals surface area contributed by atoms with Crippen LogP contribution in [-0.2, 0) is 0 Å². The van der Waals surface area contributed by atoms with Crippen molar-refractivity contribution in [1.29, 1.82) is 0 Å². The fourth-order valence-electron chi connectivity index (χ4n) is 3.81. The van der Waals surface area contributed by atoms with E-state index in [0.717, 1.165) is 41.3 Å². The zero-order valence-corrected chi connectivity index (χ0v) is 14.7. The molecular weight excluding hydrogens is 288 g/mol. The Kier molecular flexibility index (Phi) is 4.33. The smallest absolute Gasteiger partial charge is 0.145 e. The quantitative estimate of drug-likeness (QED) is 0.856. The number of hydrogen-bond donors (Lipinski definition) is 0. The highest BCUT2D eigenvalue weighted by molar-refractivity contribution is 5.94. The molecule has 1 aromatic heterocycles. The van der Waals surface area contributed by atoms with Crippen molar-refractivity contribution in [3.8, 4) is 11.5 Å². The van der Waals surface area contributed by atoms with Crippen LogP contribution in [0.5, 0.6) is 11.5 Å². The highest BCUT2D eigenvalue weighted by Crippen LogP contribution is 2.36. The predicted molar refractivity (Wildman–Crippen MR) is 94.7 cm³/mol. The highest BCUT2D eigenvalue weighted by Gasteiger charge is 2.24. The fraction of sp³-hybridized carbons (Fsp3) is 0.526. The molecule has 0 N–H and O–H groups in total. The Labute approximate surface area is 138 Å². The molecule has 4 nitrogen and oxygen atoms in total. The van der Waals surface area contributed by atoms with Gasteiger partial charge in [-0.2, -0.15) is 0 Å². The standard InChI is InChI=1S/C19H26N2O2/c1-12-8-13(2)11-21(10-12)17-9-14(3)18-15(22-4)6-7-16(23-5)19(18)20-17/h6-7,9,12-13H,8,10-11H2,1-5H3. The molecule has 1 aliphatic heterocycles. The van der Waals surface area contributed by atoms with Gasteiger partial charge < -0.3 is 14.4 Å². The van der Waals surface area contributed by atoms with Gasteiger partial charge in [-0.25, -0.2) is 4.98 Å². The number of nitrogens with zero attached hydrogens (tertiary/aromatic N) is 2. The average Bonchev–Trinajstić information content (AvgIpc) is 2.52. The van der Waals surface area contributed by atoms with Crippen molar-refractivity contribution in [2.24, 2.45) is 11.8 Å². The maximum Gasteiger partial charge on any atom is 0.145 e. The number of hydrogen-bond acceptors (Lipinski definition) is 4. The van der Waals surface area contributed by atoms with Crippen LogP contribution in [0.3, 0.4) is 0 Å². The van der Waals surface area contributed by atoms with Crippen LogP contribution >= 0.6 is 0 Å². The third-order valence-corrected chi connectivity index (χ3v) is 4.70. The van der Waals surface area contributed by atoms with E-state index in [0.29, 0.717) is 11.8 Å². The summed E-state index contributed by atoms with van der Waals surface area (Å²) >= 11 is 0. The number of pyridine rings is 1. The normalized spacial score (nSPS) is 21.5. The van der Waals surface area contributed by atoms with Crippen molar-refractivity contribution in [3.63, 3.8) is 0 Å². The third-order valence-electron chi connectivity index (χ3n) is 4.70. The average molecular weight is 314 g/mol. The first-order valence-corrected chi connectivity index (χ1v) is 8.30. The van der Waals surface area contributed by atoms with Gasteiger partial charge in [-0.1, -0.05) is 13.8 Å². The Morgan fingerprint density at radius 1 is 1.04 bits per heavy atom. The number of aryl methyl sites for hydroxylation is 1. The molecule has 2 atom stereocenters. The Morgan fingerprint density at radius 2 is 1.65 bits per heavy atom. The molecule has 124 valence electrons. The Bertz CT molecular complexity index is 704. The summed E-state index contributed by atoms with van der Waals surface area (Å²) in [4.78, 5) is 7.34. The second-order valence-electron chi connectivity index (χ2n) is 6.84. The van der Waals surface area contributed by atoms with Crippen LogP contribution in [0.4, 0.5) is 5.82 Å². The minimum absolute atomic E-state index is 0.698. The molecule has 23 heavy (non-hydrogen) atoms. The van der Waals surface area contributed by atoms with Gasteiger partial charge in [-0.3, -0.25) is 0 Å². The number of benzene rings is 1. The van der Waals surface area contributed by atoms with E-state index in [1.165, 1.54) is 12.0 Å². The molecule has 2 unspecified atom stereocenters. The van der Waals surface area contributed by atoms with Gasteiger partial charge in [0.2, 0.25) is 0 Å². The molecule has 2 heterocycles. The van der Waals surface area contributed by atoms with Crippen LogP contribution in [0.1, 0.15) is 25.8 Å². The second-order valence-corrected chi connectivity index (χ2v) is 6.84. The lowest BCUT2D eigenvalue weighted by molar-refractivity contribution is 0.355. The summed E-state index contributed by atoms with van der Waals surface area (Å²) < 4.78 is 11.0. The van der Waals surface area contributed by atoms with Crippen molar-refractivity contribution < 1.29 is 9.47 Å². The maximum atomic E-state index is 5.53. The number of rotatable bonds is 3. The molecular formula is C19H26N2O2. The predicted octanol–water partition coefficient (Wildman–Crippen LogP) is 4.04. The summed E-state index contributed by atoms with van der Waals surface area (Å²) in [5.41, 5.74) is 2.05. The number of fused-ring (bicyclic) bond motifs is 1. The van der Waals surface area contributed by atoms with Crippen molar-refractivity contribution in [2.75, 3.05) is 32.2 Å². The molecule has 0 bridgehead atoms. The van der Waals surface area contributed by atoms with E-state index in [1.807, 2.05) is 12.1 Å². The Balaban J connectivity index is 2.13. The minimum Gasteiger partial charge on any atom is -0.496 e. The second kappa shape index (κ2) is 6.26. The van der Waals surface area contributed by atoms with Gasteiger partial charge in [-0.15, -0.1) is 0 Å². The minimum atomic E-state index is 0.698. The van der Waals surface area contributed by atoms with Gasteiger partial charge in [0, 0.05) is 18.5 Å². The van der Waals surface area contributed by atoms with Crippen LogP contribution in [0.25, 0.3) is 10.9 Å². The Morgan fingerprint density at radius 3 is 2.26 bits per heavy atom. The van der Waals surface area contributed by atoms with Crippen LogP contribution in [0.2, 0.25) is 0 Å². The van der Waals surface area contributed by atoms with Gasteiger partial charge in [0.05, 0.1) is 14.2 Å². The largest absolute Gasteiger partial charge is 0.496 e. The molecule has 0 aliphatic carbocycles. The van der Waals surface area contributed by atoms with E-state index in [4.69, 9.17) is 14.5 Å². The molecule has 1 aromatic carbocycles. The molecule has 0 amide bonds. The Hall–Kier alpha value is -1.97. The molecule has 4 heteroatoms. The van der Waals surface area contributed by atoms with Crippen LogP contribution in [0, 0.1) is 18.8 Å². The molecule has 1 saturated heterocycles. The summed E-state index contributed by atoms with van der Waals surface area (Å²) in [7, 11) is 3.39. The van der Waals surface area contributed by atoms with E-state index in [9.17, 15) is 0 Å². The number of ether oxygens (including phenoxy) is 2. The lowest BCUT2D eigenvalue weighted by atomic mass is 9.92. The number of methoxy groups -OCH3 is 2. The van der Waals surface area contributed by atoms with Crippen LogP contribution in [-0.4, -0.2) is 32.3 Å². The van der Waals surface area contributed by atoms with E-state index in [2.05, 4.69) is 31.7 Å². The van der Waals surface area contributed by atoms with Crippen LogP contribution < -0.4 is 14.4 Å². The molecule has 2 aromatic rings. The van der Waals surface area contributed by atoms with E-state index in [-0.39, 0.29) is 0 Å². The first-order valence-electron chi connectivity index (χ1n) is 8.30. The zero-order valence-electron chi connectivity index (χ0n) is 14.7. The maximum absolute atomic E-state index is 5.53. The fourth-order valence-corrected chi connectivity index (χ4v) is 3.81. The van der Waals surface area contributed by atoms with Crippen molar-refractivity contribution in [1.82, 2.24) is 4.98 Å². The molecule has 0 radical (unpaired) electrons. The molecule has 0 spiro atoms. The SMILES string of the molecule is COc1ccc(OC)c2c(C)cc(N3CC(C)CC(C)C3)nc12. The summed E-state index contributed by atoms with van der Waals surface area (Å²) in [6.07, 6.45) is 1.29. The summed E-state index contributed by atoms with van der Waals surface area (Å²) in [6, 6.07) is 6.05. The highest BCUT2D eigenvalue weighted by atomic mass is 16.5. The summed E-state index contributed by atoms with van der Waals surface area (Å²) in [6.45, 7) is 8.88. The molecule has 1 fully saturated rings. The van der Waals surface area contributed by atoms with Crippen molar-refractivity contribution >= 4 is 16.7 Å².